The van der Waals surface area contributed by atoms with Crippen LogP contribution in [0, 0.1) is 0 Å². The van der Waals surface area contributed by atoms with E-state index in [1.165, 1.54) is 0 Å². The molecule has 0 spiro atoms. The number of ether oxygens (including phenoxy) is 3. The van der Waals surface area contributed by atoms with Crippen molar-refractivity contribution >= 4 is 17.6 Å². The van der Waals surface area contributed by atoms with Crippen LogP contribution in [-0.2, 0) is 9.53 Å². The van der Waals surface area contributed by atoms with Gasteiger partial charge in [0.2, 0.25) is 0 Å². The Morgan fingerprint density at radius 1 is 1.00 bits per heavy atom. The number of hydrogen-bond acceptors (Lipinski definition) is 5. The summed E-state index contributed by atoms with van der Waals surface area (Å²) >= 11 is 0. The molecule has 144 valence electrons. The zero-order valence-electron chi connectivity index (χ0n) is 16.0. The summed E-state index contributed by atoms with van der Waals surface area (Å²) in [4.78, 5) is 24.3. The summed E-state index contributed by atoms with van der Waals surface area (Å²) in [6, 6.07) is 13.8. The topological polar surface area (TPSA) is 73.9 Å². The summed E-state index contributed by atoms with van der Waals surface area (Å²) in [6.07, 6.45) is -0.931. The molecule has 0 saturated carbocycles. The molecule has 0 bridgehead atoms. The van der Waals surface area contributed by atoms with Gasteiger partial charge in [0, 0.05) is 5.56 Å². The first-order valence-electron chi connectivity index (χ1n) is 8.91. The number of nitrogens with one attached hydrogen (secondary N) is 1. The fourth-order valence-corrected chi connectivity index (χ4v) is 2.31. The van der Waals surface area contributed by atoms with Gasteiger partial charge in [0.25, 0.3) is 5.91 Å². The highest BCUT2D eigenvalue weighted by atomic mass is 16.6. The van der Waals surface area contributed by atoms with E-state index < -0.39 is 12.1 Å². The summed E-state index contributed by atoms with van der Waals surface area (Å²) in [7, 11) is 0. The second-order valence-corrected chi connectivity index (χ2v) is 6.15. The van der Waals surface area contributed by atoms with Crippen LogP contribution in [0.1, 0.15) is 38.1 Å². The Hall–Kier alpha value is -3.02. The van der Waals surface area contributed by atoms with Gasteiger partial charge in [-0.1, -0.05) is 12.1 Å². The quantitative estimate of drug-likeness (QED) is 0.709. The number of benzene rings is 2. The fourth-order valence-electron chi connectivity index (χ4n) is 2.31. The highest BCUT2D eigenvalue weighted by Crippen LogP contribution is 2.24. The Balaban J connectivity index is 2.00. The van der Waals surface area contributed by atoms with Gasteiger partial charge in [-0.2, -0.15) is 0 Å². The molecule has 0 aliphatic heterocycles. The minimum absolute atomic E-state index is 0.200. The van der Waals surface area contributed by atoms with Gasteiger partial charge in [-0.15, -0.1) is 0 Å². The number of carbonyl (C=O) groups is 2. The first-order chi connectivity index (χ1) is 12.9. The van der Waals surface area contributed by atoms with E-state index in [-0.39, 0.29) is 12.0 Å². The SMILES string of the molecule is CCOc1ccccc1NC(=O)c1ccc(OC(C)C(=O)OC(C)C)cc1. The predicted octanol–water partition coefficient (Wildman–Crippen LogP) is 4.06. The molecule has 0 aromatic heterocycles. The van der Waals surface area contributed by atoms with Crippen molar-refractivity contribution in [2.24, 2.45) is 0 Å². The maximum absolute atomic E-state index is 12.5. The van der Waals surface area contributed by atoms with Crippen LogP contribution in [0.5, 0.6) is 11.5 Å². The Morgan fingerprint density at radius 3 is 2.30 bits per heavy atom. The van der Waals surface area contributed by atoms with Gasteiger partial charge in [0.15, 0.2) is 6.10 Å². The van der Waals surface area contributed by atoms with E-state index in [0.29, 0.717) is 29.4 Å². The normalized spacial score (nSPS) is 11.6. The van der Waals surface area contributed by atoms with Crippen molar-refractivity contribution in [3.63, 3.8) is 0 Å². The number of amides is 1. The summed E-state index contributed by atoms with van der Waals surface area (Å²) < 4.78 is 16.2. The zero-order valence-corrected chi connectivity index (χ0v) is 16.0. The number of para-hydroxylation sites is 2. The van der Waals surface area contributed by atoms with Crippen molar-refractivity contribution in [3.05, 3.63) is 54.1 Å². The van der Waals surface area contributed by atoms with E-state index in [4.69, 9.17) is 14.2 Å². The minimum Gasteiger partial charge on any atom is -0.492 e. The van der Waals surface area contributed by atoms with Gasteiger partial charge in [0.1, 0.15) is 11.5 Å². The molecular weight excluding hydrogens is 346 g/mol. The Bertz CT molecular complexity index is 770. The lowest BCUT2D eigenvalue weighted by Crippen LogP contribution is -2.28. The summed E-state index contributed by atoms with van der Waals surface area (Å²) in [5.74, 6) is 0.403. The number of rotatable bonds is 8. The van der Waals surface area contributed by atoms with Gasteiger partial charge in [-0.3, -0.25) is 4.79 Å². The van der Waals surface area contributed by atoms with Crippen molar-refractivity contribution in [3.8, 4) is 11.5 Å². The standard InChI is InChI=1S/C21H25NO5/c1-5-25-19-9-7-6-8-18(19)22-20(23)16-10-12-17(13-11-16)27-15(4)21(24)26-14(2)3/h6-15H,5H2,1-4H3,(H,22,23). The molecule has 1 unspecified atom stereocenters. The number of hydrogen-bond donors (Lipinski definition) is 1. The highest BCUT2D eigenvalue weighted by Gasteiger charge is 2.18. The molecule has 2 rings (SSSR count). The van der Waals surface area contributed by atoms with Gasteiger partial charge in [-0.25, -0.2) is 4.79 Å². The molecule has 6 heteroatoms. The molecule has 2 aromatic carbocycles. The van der Waals surface area contributed by atoms with E-state index >= 15 is 0 Å². The average Bonchev–Trinajstić information content (AvgIpc) is 2.63. The van der Waals surface area contributed by atoms with Crippen molar-refractivity contribution in [1.82, 2.24) is 0 Å². The van der Waals surface area contributed by atoms with Crippen LogP contribution < -0.4 is 14.8 Å². The molecule has 6 nitrogen and oxygen atoms in total. The van der Waals surface area contributed by atoms with Gasteiger partial charge in [-0.05, 0) is 64.1 Å². The summed E-state index contributed by atoms with van der Waals surface area (Å²) in [6.45, 7) is 7.57. The fraction of sp³-hybridized carbons (Fsp3) is 0.333. The first-order valence-corrected chi connectivity index (χ1v) is 8.91. The molecule has 1 amide bonds. The molecule has 1 N–H and O–H groups in total. The van der Waals surface area contributed by atoms with Gasteiger partial charge < -0.3 is 19.5 Å². The van der Waals surface area contributed by atoms with Crippen molar-refractivity contribution in [1.29, 1.82) is 0 Å². The molecule has 1 atom stereocenters. The third kappa shape index (κ3) is 6.02. The lowest BCUT2D eigenvalue weighted by atomic mass is 10.2. The van der Waals surface area contributed by atoms with Crippen LogP contribution >= 0.6 is 0 Å². The maximum atomic E-state index is 12.5. The summed E-state index contributed by atoms with van der Waals surface area (Å²) in [5, 5.41) is 2.83. The number of esters is 1. The minimum atomic E-state index is -0.731. The van der Waals surface area contributed by atoms with Crippen LogP contribution in [0.3, 0.4) is 0 Å². The molecule has 0 aliphatic carbocycles. The van der Waals surface area contributed by atoms with Crippen molar-refractivity contribution in [2.45, 2.75) is 39.9 Å². The van der Waals surface area contributed by atoms with Crippen LogP contribution in [0.2, 0.25) is 0 Å². The van der Waals surface area contributed by atoms with E-state index in [1.807, 2.05) is 19.1 Å². The zero-order chi connectivity index (χ0) is 19.8. The van der Waals surface area contributed by atoms with Crippen LogP contribution in [0.25, 0.3) is 0 Å². The maximum Gasteiger partial charge on any atom is 0.347 e. The molecule has 0 heterocycles. The monoisotopic (exact) mass is 371 g/mol. The average molecular weight is 371 g/mol. The lowest BCUT2D eigenvalue weighted by molar-refractivity contribution is -0.154. The van der Waals surface area contributed by atoms with Crippen molar-refractivity contribution < 1.29 is 23.8 Å². The second kappa shape index (κ2) is 9.62. The summed E-state index contributed by atoms with van der Waals surface area (Å²) in [5.41, 5.74) is 1.07. The Kier molecular flexibility index (Phi) is 7.23. The van der Waals surface area contributed by atoms with Crippen LogP contribution in [0.4, 0.5) is 5.69 Å². The van der Waals surface area contributed by atoms with E-state index in [1.54, 1.807) is 57.2 Å². The Morgan fingerprint density at radius 2 is 1.67 bits per heavy atom. The highest BCUT2D eigenvalue weighted by molar-refractivity contribution is 6.05. The third-order valence-electron chi connectivity index (χ3n) is 3.55. The first kappa shape index (κ1) is 20.3. The van der Waals surface area contributed by atoms with Crippen molar-refractivity contribution in [2.75, 3.05) is 11.9 Å². The van der Waals surface area contributed by atoms with E-state index in [0.717, 1.165) is 0 Å². The molecule has 0 fully saturated rings. The second-order valence-electron chi connectivity index (χ2n) is 6.15. The van der Waals surface area contributed by atoms with Gasteiger partial charge in [0.05, 0.1) is 18.4 Å². The molecule has 0 aliphatic rings. The largest absolute Gasteiger partial charge is 0.492 e. The van der Waals surface area contributed by atoms with Gasteiger partial charge >= 0.3 is 5.97 Å². The molecular formula is C21H25NO5. The van der Waals surface area contributed by atoms with E-state index in [9.17, 15) is 9.59 Å². The molecule has 0 radical (unpaired) electrons. The molecule has 0 saturated heterocycles. The Labute approximate surface area is 159 Å². The van der Waals surface area contributed by atoms with Crippen LogP contribution in [0.15, 0.2) is 48.5 Å². The molecule has 2 aromatic rings. The van der Waals surface area contributed by atoms with E-state index in [2.05, 4.69) is 5.32 Å². The number of anilines is 1. The molecule has 27 heavy (non-hydrogen) atoms. The third-order valence-corrected chi connectivity index (χ3v) is 3.55. The predicted molar refractivity (Wildman–Crippen MR) is 103 cm³/mol. The smallest absolute Gasteiger partial charge is 0.347 e. The van der Waals surface area contributed by atoms with Crippen LogP contribution in [-0.4, -0.2) is 30.7 Å². The lowest BCUT2D eigenvalue weighted by Gasteiger charge is -2.16. The number of carbonyl (C=O) groups excluding carboxylic acids is 2.